The third-order valence-corrected chi connectivity index (χ3v) is 5.95. The Hall–Kier alpha value is -2.51. The summed E-state index contributed by atoms with van der Waals surface area (Å²) in [7, 11) is -3.65. The van der Waals surface area contributed by atoms with E-state index in [2.05, 4.69) is 26.3 Å². The van der Waals surface area contributed by atoms with Crippen molar-refractivity contribution in [3.8, 4) is 0 Å². The van der Waals surface area contributed by atoms with Crippen LogP contribution in [0.25, 0.3) is 16.6 Å². The Morgan fingerprint density at radius 2 is 2.08 bits per heavy atom. The predicted octanol–water partition coefficient (Wildman–Crippen LogP) is 2.17. The molecule has 2 N–H and O–H groups in total. The van der Waals surface area contributed by atoms with Gasteiger partial charge < -0.3 is 10.3 Å². The van der Waals surface area contributed by atoms with Gasteiger partial charge in [-0.15, -0.1) is 0 Å². The predicted molar refractivity (Wildman–Crippen MR) is 91.2 cm³/mol. The van der Waals surface area contributed by atoms with E-state index in [9.17, 15) is 8.42 Å². The number of fused-ring (bicyclic) bond motifs is 1. The van der Waals surface area contributed by atoms with E-state index in [1.807, 2.05) is 6.20 Å². The van der Waals surface area contributed by atoms with Crippen molar-refractivity contribution in [1.82, 2.24) is 20.3 Å². The average molecular weight is 340 g/mol. The van der Waals surface area contributed by atoms with Crippen LogP contribution in [0.5, 0.6) is 0 Å². The fourth-order valence-electron chi connectivity index (χ4n) is 2.97. The number of nitrogens with one attached hydrogen (secondary N) is 2. The summed E-state index contributed by atoms with van der Waals surface area (Å²) in [6.07, 6.45) is 9.32. The Morgan fingerprint density at radius 1 is 1.17 bits per heavy atom. The Kier molecular flexibility index (Phi) is 3.66. The van der Waals surface area contributed by atoms with Crippen LogP contribution in [-0.4, -0.2) is 36.5 Å². The maximum Gasteiger partial charge on any atom is 0.210 e. The van der Waals surface area contributed by atoms with Crippen LogP contribution in [0.15, 0.2) is 58.9 Å². The summed E-state index contributed by atoms with van der Waals surface area (Å²) in [4.78, 5) is 11.8. The highest BCUT2D eigenvalue weighted by Crippen LogP contribution is 2.31. The SMILES string of the molecule is O=S(=O)(c1cccnc1)c1ccnc2c(C3=CCNCC3)c[nH]c12. The number of rotatable bonds is 3. The third kappa shape index (κ3) is 2.42. The molecule has 0 saturated heterocycles. The van der Waals surface area contributed by atoms with E-state index in [0.717, 1.165) is 25.1 Å². The zero-order chi connectivity index (χ0) is 16.6. The van der Waals surface area contributed by atoms with Crippen molar-refractivity contribution in [3.05, 3.63) is 54.6 Å². The van der Waals surface area contributed by atoms with E-state index in [1.54, 1.807) is 24.5 Å². The smallest absolute Gasteiger partial charge is 0.210 e. The van der Waals surface area contributed by atoms with Crippen LogP contribution in [0.4, 0.5) is 0 Å². The monoisotopic (exact) mass is 340 g/mol. The summed E-state index contributed by atoms with van der Waals surface area (Å²) in [5, 5.41) is 3.27. The number of hydrogen-bond acceptors (Lipinski definition) is 5. The highest BCUT2D eigenvalue weighted by atomic mass is 32.2. The average Bonchev–Trinajstić information content (AvgIpc) is 3.07. The summed E-state index contributed by atoms with van der Waals surface area (Å²) >= 11 is 0. The molecule has 0 amide bonds. The second-order valence-electron chi connectivity index (χ2n) is 5.61. The molecule has 3 aromatic heterocycles. The molecule has 4 heterocycles. The number of hydrogen-bond donors (Lipinski definition) is 2. The maximum absolute atomic E-state index is 12.9. The standard InChI is InChI=1S/C17H16N4O2S/c22-24(23,13-2-1-6-19-10-13)15-5-9-20-16-14(11-21-17(15)16)12-3-7-18-8-4-12/h1-3,5-6,9-11,18,21H,4,7-8H2. The molecule has 0 saturated carbocycles. The van der Waals surface area contributed by atoms with Crippen molar-refractivity contribution >= 4 is 26.4 Å². The Labute approximate surface area is 139 Å². The number of aromatic amines is 1. The normalized spacial score (nSPS) is 15.4. The van der Waals surface area contributed by atoms with Crippen LogP contribution in [0.1, 0.15) is 12.0 Å². The van der Waals surface area contributed by atoms with Gasteiger partial charge in [0.2, 0.25) is 9.84 Å². The van der Waals surface area contributed by atoms with E-state index in [4.69, 9.17) is 0 Å². The van der Waals surface area contributed by atoms with Crippen molar-refractivity contribution in [1.29, 1.82) is 0 Å². The van der Waals surface area contributed by atoms with Gasteiger partial charge in [0.05, 0.1) is 20.8 Å². The molecule has 0 radical (unpaired) electrons. The fraction of sp³-hybridized carbons (Fsp3) is 0.176. The zero-order valence-electron chi connectivity index (χ0n) is 12.9. The van der Waals surface area contributed by atoms with Gasteiger partial charge in [-0.25, -0.2) is 8.42 Å². The van der Waals surface area contributed by atoms with Gasteiger partial charge in [-0.2, -0.15) is 0 Å². The van der Waals surface area contributed by atoms with Gasteiger partial charge in [-0.05, 0) is 36.7 Å². The topological polar surface area (TPSA) is 87.7 Å². The number of nitrogens with zero attached hydrogens (tertiary/aromatic N) is 2. The number of aromatic nitrogens is 3. The molecule has 0 bridgehead atoms. The Bertz CT molecular complexity index is 1020. The Morgan fingerprint density at radius 3 is 2.83 bits per heavy atom. The van der Waals surface area contributed by atoms with Gasteiger partial charge >= 0.3 is 0 Å². The van der Waals surface area contributed by atoms with E-state index < -0.39 is 9.84 Å². The lowest BCUT2D eigenvalue weighted by molar-refractivity contribution is 0.596. The first-order valence-corrected chi connectivity index (χ1v) is 9.17. The lowest BCUT2D eigenvalue weighted by Gasteiger charge is -2.13. The molecule has 3 aromatic rings. The molecule has 0 unspecified atom stereocenters. The largest absolute Gasteiger partial charge is 0.358 e. The zero-order valence-corrected chi connectivity index (χ0v) is 13.7. The molecule has 6 nitrogen and oxygen atoms in total. The van der Waals surface area contributed by atoms with Crippen LogP contribution < -0.4 is 5.32 Å². The molecule has 0 aromatic carbocycles. The molecular formula is C17H16N4O2S. The van der Waals surface area contributed by atoms with Crippen LogP contribution in [0.3, 0.4) is 0 Å². The summed E-state index contributed by atoms with van der Waals surface area (Å²) < 4.78 is 25.8. The molecule has 7 heteroatoms. The lowest BCUT2D eigenvalue weighted by atomic mass is 10.0. The molecule has 4 rings (SSSR count). The van der Waals surface area contributed by atoms with Crippen LogP contribution in [0, 0.1) is 0 Å². The van der Waals surface area contributed by atoms with Gasteiger partial charge in [0.25, 0.3) is 0 Å². The first kappa shape index (κ1) is 15.0. The molecule has 122 valence electrons. The first-order chi connectivity index (χ1) is 11.7. The van der Waals surface area contributed by atoms with Crippen molar-refractivity contribution < 1.29 is 8.42 Å². The minimum absolute atomic E-state index is 0.176. The van der Waals surface area contributed by atoms with Gasteiger partial charge in [-0.1, -0.05) is 6.08 Å². The van der Waals surface area contributed by atoms with E-state index in [1.165, 1.54) is 17.8 Å². The molecular weight excluding hydrogens is 324 g/mol. The molecule has 0 atom stereocenters. The minimum atomic E-state index is -3.65. The maximum atomic E-state index is 12.9. The summed E-state index contributed by atoms with van der Waals surface area (Å²) in [5.41, 5.74) is 3.38. The molecule has 24 heavy (non-hydrogen) atoms. The van der Waals surface area contributed by atoms with Crippen LogP contribution in [-0.2, 0) is 9.84 Å². The first-order valence-electron chi connectivity index (χ1n) is 7.69. The highest BCUT2D eigenvalue weighted by molar-refractivity contribution is 7.91. The van der Waals surface area contributed by atoms with Crippen molar-refractivity contribution in [2.45, 2.75) is 16.2 Å². The minimum Gasteiger partial charge on any atom is -0.358 e. The van der Waals surface area contributed by atoms with Gasteiger partial charge in [-0.3, -0.25) is 9.97 Å². The van der Waals surface area contributed by atoms with Crippen LogP contribution >= 0.6 is 0 Å². The quantitative estimate of drug-likeness (QED) is 0.763. The van der Waals surface area contributed by atoms with Gasteiger partial charge in [0.1, 0.15) is 0 Å². The molecule has 0 fully saturated rings. The second kappa shape index (κ2) is 5.85. The fourth-order valence-corrected chi connectivity index (χ4v) is 4.35. The second-order valence-corrected chi connectivity index (χ2v) is 7.53. The molecule has 0 aliphatic carbocycles. The van der Waals surface area contributed by atoms with Gasteiger partial charge in [0.15, 0.2) is 0 Å². The van der Waals surface area contributed by atoms with Crippen LogP contribution in [0.2, 0.25) is 0 Å². The highest BCUT2D eigenvalue weighted by Gasteiger charge is 2.23. The third-order valence-electron chi connectivity index (χ3n) is 4.17. The number of pyridine rings is 2. The van der Waals surface area contributed by atoms with Crippen molar-refractivity contribution in [2.75, 3.05) is 13.1 Å². The molecule has 1 aliphatic heterocycles. The van der Waals surface area contributed by atoms with Crippen molar-refractivity contribution in [2.24, 2.45) is 0 Å². The van der Waals surface area contributed by atoms with Gasteiger partial charge in [0, 0.05) is 36.9 Å². The van der Waals surface area contributed by atoms with E-state index >= 15 is 0 Å². The van der Waals surface area contributed by atoms with E-state index in [-0.39, 0.29) is 9.79 Å². The van der Waals surface area contributed by atoms with E-state index in [0.29, 0.717) is 11.0 Å². The van der Waals surface area contributed by atoms with Crippen molar-refractivity contribution in [3.63, 3.8) is 0 Å². The number of H-pyrrole nitrogens is 1. The molecule has 0 spiro atoms. The lowest BCUT2D eigenvalue weighted by Crippen LogP contribution is -2.19. The Balaban J connectivity index is 1.89. The molecule has 1 aliphatic rings. The number of sulfone groups is 1. The summed E-state index contributed by atoms with van der Waals surface area (Å²) in [5.74, 6) is 0. The summed E-state index contributed by atoms with van der Waals surface area (Å²) in [6.45, 7) is 1.72. The summed E-state index contributed by atoms with van der Waals surface area (Å²) in [6, 6.07) is 4.70.